The van der Waals surface area contributed by atoms with E-state index in [1.165, 1.54) is 6.07 Å². The lowest BCUT2D eigenvalue weighted by molar-refractivity contribution is -0.134. The van der Waals surface area contributed by atoms with Crippen molar-refractivity contribution in [3.05, 3.63) is 26.1 Å². The number of aliphatic hydroxyl groups excluding tert-OH is 10. The smallest absolute Gasteiger partial charge is 0.263 e. The third-order valence-corrected chi connectivity index (χ3v) is 7.83. The number of hydrogen-bond donors (Lipinski definition) is 14. The van der Waals surface area contributed by atoms with Gasteiger partial charge in [-0.3, -0.25) is 18.7 Å². The monoisotopic (exact) mass is 798 g/mol. The highest BCUT2D eigenvalue weighted by Crippen LogP contribution is 2.35. The first-order valence-electron chi connectivity index (χ1n) is 12.0. The van der Waals surface area contributed by atoms with Crippen molar-refractivity contribution in [1.29, 1.82) is 0 Å². The van der Waals surface area contributed by atoms with Crippen molar-refractivity contribution >= 4 is 71.4 Å². The first-order chi connectivity index (χ1) is 19.6. The summed E-state index contributed by atoms with van der Waals surface area (Å²) in [6.45, 7) is -2.55. The molecule has 0 heterocycles. The standard InChI is InChI=1S/C22H33Br3N4O13/c23-6-1-7(27-12(35)3-26)14(15(24)13(6)22(42)29-25)21(41)28-8(16(36)20(40)19(39)11(34)5-31)2-9(32)17(37)18(38)10(33)4-30/h1,8-11,16-20,30-34,36-40H,2-5,26H2,(H,27,35)(H,28,41)(H,29,42). The summed E-state index contributed by atoms with van der Waals surface area (Å²) in [6, 6.07) is -0.657. The molecule has 20 heteroatoms. The molecular formula is C22H33Br3N4O13. The summed E-state index contributed by atoms with van der Waals surface area (Å²) >= 11 is 9.04. The van der Waals surface area contributed by atoms with Crippen molar-refractivity contribution < 1.29 is 65.4 Å². The zero-order chi connectivity index (χ0) is 32.5. The largest absolute Gasteiger partial charge is 0.394 e. The van der Waals surface area contributed by atoms with Crippen molar-refractivity contribution in [3.8, 4) is 0 Å². The lowest BCUT2D eigenvalue weighted by Crippen LogP contribution is -2.57. The van der Waals surface area contributed by atoms with E-state index in [0.29, 0.717) is 0 Å². The highest BCUT2D eigenvalue weighted by molar-refractivity contribution is 9.11. The molecule has 9 unspecified atom stereocenters. The molecule has 0 bridgehead atoms. The molecule has 0 spiro atoms. The second-order valence-electron chi connectivity index (χ2n) is 8.98. The first-order valence-corrected chi connectivity index (χ1v) is 14.4. The van der Waals surface area contributed by atoms with Gasteiger partial charge in [0.25, 0.3) is 11.8 Å². The number of nitrogens with two attached hydrogens (primary N) is 1. The van der Waals surface area contributed by atoms with Crippen LogP contribution < -0.4 is 20.7 Å². The van der Waals surface area contributed by atoms with Crippen LogP contribution in [-0.4, -0.2) is 143 Å². The summed E-state index contributed by atoms with van der Waals surface area (Å²) < 4.78 is 2.06. The molecular weight excluding hydrogens is 768 g/mol. The molecule has 9 atom stereocenters. The molecule has 240 valence electrons. The van der Waals surface area contributed by atoms with E-state index in [-0.39, 0.29) is 20.2 Å². The quantitative estimate of drug-likeness (QED) is 0.0702. The van der Waals surface area contributed by atoms with E-state index in [1.807, 2.05) is 0 Å². The van der Waals surface area contributed by atoms with E-state index in [9.17, 15) is 55.2 Å². The molecule has 0 fully saturated rings. The van der Waals surface area contributed by atoms with Crippen LogP contribution >= 0.6 is 48.0 Å². The number of aliphatic hydroxyl groups is 10. The lowest BCUT2D eigenvalue weighted by atomic mass is 9.91. The SMILES string of the molecule is NCC(=O)Nc1cc(Br)c(C(=O)NBr)c(Br)c1C(=O)NC(CC(O)C(O)C(O)C(O)CO)C(O)C(O)C(O)C(O)CO. The molecule has 0 saturated carbocycles. The molecule has 15 N–H and O–H groups in total. The lowest BCUT2D eigenvalue weighted by Gasteiger charge is -2.34. The van der Waals surface area contributed by atoms with E-state index in [1.54, 1.807) is 0 Å². The zero-order valence-corrected chi connectivity index (χ0v) is 26.3. The average molecular weight is 801 g/mol. The van der Waals surface area contributed by atoms with Gasteiger partial charge in [0.2, 0.25) is 5.91 Å². The maximum atomic E-state index is 13.6. The highest BCUT2D eigenvalue weighted by atomic mass is 79.9. The fraction of sp³-hybridized carbons (Fsp3) is 0.591. The number of carbonyl (C=O) groups excluding carboxylic acids is 3. The third-order valence-electron chi connectivity index (χ3n) is 6.05. The Labute approximate surface area is 263 Å². The Morgan fingerprint density at radius 2 is 1.26 bits per heavy atom. The Hall–Kier alpha value is -1.37. The van der Waals surface area contributed by atoms with Crippen LogP contribution in [0.2, 0.25) is 0 Å². The van der Waals surface area contributed by atoms with Crippen LogP contribution in [0.25, 0.3) is 0 Å². The molecule has 3 amide bonds. The molecule has 0 aliphatic rings. The van der Waals surface area contributed by atoms with Gasteiger partial charge in [-0.25, -0.2) is 0 Å². The molecule has 0 radical (unpaired) electrons. The molecule has 17 nitrogen and oxygen atoms in total. The van der Waals surface area contributed by atoms with Crippen LogP contribution in [0.15, 0.2) is 15.0 Å². The van der Waals surface area contributed by atoms with E-state index in [4.69, 9.17) is 15.9 Å². The van der Waals surface area contributed by atoms with Gasteiger partial charge in [0.15, 0.2) is 0 Å². The highest BCUT2D eigenvalue weighted by Gasteiger charge is 2.40. The van der Waals surface area contributed by atoms with Gasteiger partial charge in [0.05, 0.1) is 48.7 Å². The minimum atomic E-state index is -2.28. The summed E-state index contributed by atoms with van der Waals surface area (Å²) in [4.78, 5) is 38.1. The summed E-state index contributed by atoms with van der Waals surface area (Å²) in [5.41, 5.74) is 4.55. The number of nitrogens with one attached hydrogen (secondary N) is 3. The Morgan fingerprint density at radius 3 is 1.74 bits per heavy atom. The van der Waals surface area contributed by atoms with Gasteiger partial charge in [-0.2, -0.15) is 0 Å². The van der Waals surface area contributed by atoms with E-state index in [0.717, 1.165) is 0 Å². The van der Waals surface area contributed by atoms with Crippen molar-refractivity contribution in [1.82, 2.24) is 9.66 Å². The van der Waals surface area contributed by atoms with Crippen LogP contribution in [0.1, 0.15) is 27.1 Å². The molecule has 0 aliphatic carbocycles. The molecule has 1 aromatic rings. The van der Waals surface area contributed by atoms with E-state index < -0.39 is 104 Å². The van der Waals surface area contributed by atoms with Crippen LogP contribution in [0.4, 0.5) is 5.69 Å². The Balaban J connectivity index is 3.63. The summed E-state index contributed by atoms with van der Waals surface area (Å²) in [5.74, 6) is -2.69. The maximum Gasteiger partial charge on any atom is 0.263 e. The fourth-order valence-electron chi connectivity index (χ4n) is 3.66. The van der Waals surface area contributed by atoms with Gasteiger partial charge in [-0.15, -0.1) is 0 Å². The number of rotatable bonds is 16. The zero-order valence-electron chi connectivity index (χ0n) is 21.5. The van der Waals surface area contributed by atoms with Crippen molar-refractivity contribution in [2.24, 2.45) is 5.73 Å². The number of carbonyl (C=O) groups is 3. The van der Waals surface area contributed by atoms with Crippen molar-refractivity contribution in [2.75, 3.05) is 25.1 Å². The Kier molecular flexibility index (Phi) is 16.4. The number of benzene rings is 1. The molecule has 0 saturated heterocycles. The predicted molar refractivity (Wildman–Crippen MR) is 154 cm³/mol. The fourth-order valence-corrected chi connectivity index (χ4v) is 5.52. The van der Waals surface area contributed by atoms with Gasteiger partial charge in [0, 0.05) is 25.1 Å². The Bertz CT molecular complexity index is 1090. The van der Waals surface area contributed by atoms with E-state index >= 15 is 0 Å². The van der Waals surface area contributed by atoms with Crippen molar-refractivity contribution in [3.63, 3.8) is 0 Å². The first kappa shape index (κ1) is 38.7. The Morgan fingerprint density at radius 1 is 0.762 bits per heavy atom. The summed E-state index contributed by atoms with van der Waals surface area (Å²) in [6.07, 6.45) is -17.8. The van der Waals surface area contributed by atoms with Crippen LogP contribution in [-0.2, 0) is 4.79 Å². The van der Waals surface area contributed by atoms with Gasteiger partial charge in [0.1, 0.15) is 42.7 Å². The molecule has 0 aliphatic heterocycles. The second kappa shape index (κ2) is 17.8. The van der Waals surface area contributed by atoms with Crippen LogP contribution in [0.3, 0.4) is 0 Å². The minimum absolute atomic E-state index is 0.0956. The number of hydrogen-bond acceptors (Lipinski definition) is 14. The molecule has 0 aromatic heterocycles. The van der Waals surface area contributed by atoms with Crippen molar-refractivity contribution in [2.45, 2.75) is 61.3 Å². The van der Waals surface area contributed by atoms with Gasteiger partial charge < -0.3 is 67.4 Å². The average Bonchev–Trinajstić information content (AvgIpc) is 2.97. The number of anilines is 1. The summed E-state index contributed by atoms with van der Waals surface area (Å²) in [5, 5.41) is 104. The van der Waals surface area contributed by atoms with Crippen LogP contribution in [0, 0.1) is 0 Å². The molecule has 1 rings (SSSR count). The van der Waals surface area contributed by atoms with E-state index in [2.05, 4.69) is 63.0 Å². The van der Waals surface area contributed by atoms with Crippen LogP contribution in [0.5, 0.6) is 0 Å². The third kappa shape index (κ3) is 9.82. The molecule has 42 heavy (non-hydrogen) atoms. The topological polar surface area (TPSA) is 316 Å². The second-order valence-corrected chi connectivity index (χ2v) is 11.0. The maximum absolute atomic E-state index is 13.6. The predicted octanol–water partition coefficient (Wildman–Crippen LogP) is -4.49. The normalized spacial score (nSPS) is 18.0. The van der Waals surface area contributed by atoms with Gasteiger partial charge in [-0.05, 0) is 44.3 Å². The molecule has 1 aromatic carbocycles. The van der Waals surface area contributed by atoms with Gasteiger partial charge in [-0.1, -0.05) is 0 Å². The number of halogens is 3. The number of amides is 3. The minimum Gasteiger partial charge on any atom is -0.394 e. The van der Waals surface area contributed by atoms with Gasteiger partial charge >= 0.3 is 0 Å². The summed E-state index contributed by atoms with van der Waals surface area (Å²) in [7, 11) is 0.